The van der Waals surface area contributed by atoms with Crippen LogP contribution in [0.1, 0.15) is 17.0 Å². The summed E-state index contributed by atoms with van der Waals surface area (Å²) >= 11 is 0. The number of nitrogens with zero attached hydrogens (tertiary/aromatic N) is 3. The molecule has 0 aromatic carbocycles. The maximum absolute atomic E-state index is 9.63. The van der Waals surface area contributed by atoms with Gasteiger partial charge in [-0.1, -0.05) is 6.07 Å². The van der Waals surface area contributed by atoms with E-state index in [9.17, 15) is 5.11 Å². The first-order chi connectivity index (χ1) is 7.09. The highest BCUT2D eigenvalue weighted by atomic mass is 16.3. The first-order valence-electron chi connectivity index (χ1n) is 4.78. The van der Waals surface area contributed by atoms with Crippen LogP contribution in [-0.4, -0.2) is 19.9 Å². The fourth-order valence-electron chi connectivity index (χ4n) is 1.44. The van der Waals surface area contributed by atoms with Crippen molar-refractivity contribution >= 4 is 0 Å². The lowest BCUT2D eigenvalue weighted by Gasteiger charge is -2.02. The molecule has 0 bridgehead atoms. The van der Waals surface area contributed by atoms with E-state index >= 15 is 0 Å². The zero-order chi connectivity index (χ0) is 11.0. The Bertz CT molecular complexity index is 485. The third kappa shape index (κ3) is 1.58. The highest BCUT2D eigenvalue weighted by Crippen LogP contribution is 2.22. The number of pyridine rings is 1. The Kier molecular flexibility index (Phi) is 2.19. The number of hydrogen-bond acceptors (Lipinski definition) is 3. The number of rotatable bonds is 1. The average molecular weight is 203 g/mol. The minimum absolute atomic E-state index is 0.234. The van der Waals surface area contributed by atoms with Crippen LogP contribution in [0.3, 0.4) is 0 Å². The Hall–Kier alpha value is -1.84. The second kappa shape index (κ2) is 3.38. The van der Waals surface area contributed by atoms with Gasteiger partial charge in [-0.2, -0.15) is 5.10 Å². The summed E-state index contributed by atoms with van der Waals surface area (Å²) in [6, 6.07) is 3.85. The molecule has 2 heterocycles. The van der Waals surface area contributed by atoms with Crippen molar-refractivity contribution in [2.24, 2.45) is 0 Å². The molecule has 1 N–H and O–H groups in total. The van der Waals surface area contributed by atoms with Crippen molar-refractivity contribution in [3.63, 3.8) is 0 Å². The predicted octanol–water partition coefficient (Wildman–Crippen LogP) is 1.90. The molecular formula is C11H13N3O. The van der Waals surface area contributed by atoms with Crippen LogP contribution in [0.15, 0.2) is 18.3 Å². The first kappa shape index (κ1) is 9.71. The van der Waals surface area contributed by atoms with Gasteiger partial charge < -0.3 is 5.11 Å². The fourth-order valence-corrected chi connectivity index (χ4v) is 1.44. The third-order valence-electron chi connectivity index (χ3n) is 2.37. The smallest absolute Gasteiger partial charge is 0.160 e. The van der Waals surface area contributed by atoms with Gasteiger partial charge >= 0.3 is 0 Å². The summed E-state index contributed by atoms with van der Waals surface area (Å²) in [6.07, 6.45) is 1.78. The molecule has 0 spiro atoms. The molecule has 0 unspecified atom stereocenters. The summed E-state index contributed by atoms with van der Waals surface area (Å²) in [4.78, 5) is 4.25. The molecule has 2 aromatic rings. The first-order valence-corrected chi connectivity index (χ1v) is 4.78. The summed E-state index contributed by atoms with van der Waals surface area (Å²) in [6.45, 7) is 5.57. The molecule has 0 radical (unpaired) electrons. The van der Waals surface area contributed by atoms with E-state index in [1.54, 1.807) is 17.8 Å². The quantitative estimate of drug-likeness (QED) is 0.770. The van der Waals surface area contributed by atoms with Crippen LogP contribution in [0.5, 0.6) is 5.75 Å². The lowest BCUT2D eigenvalue weighted by atomic mass is 10.3. The van der Waals surface area contributed by atoms with Crippen molar-refractivity contribution in [1.82, 2.24) is 14.8 Å². The summed E-state index contributed by atoms with van der Waals surface area (Å²) in [5, 5.41) is 13.8. The van der Waals surface area contributed by atoms with Crippen LogP contribution in [0.2, 0.25) is 0 Å². The van der Waals surface area contributed by atoms with Crippen molar-refractivity contribution in [2.75, 3.05) is 0 Å². The largest absolute Gasteiger partial charge is 0.504 e. The van der Waals surface area contributed by atoms with E-state index in [2.05, 4.69) is 10.1 Å². The molecule has 15 heavy (non-hydrogen) atoms. The van der Waals surface area contributed by atoms with E-state index in [1.165, 1.54) is 0 Å². The van der Waals surface area contributed by atoms with Crippen LogP contribution in [0.4, 0.5) is 0 Å². The monoisotopic (exact) mass is 203 g/mol. The second-order valence-electron chi connectivity index (χ2n) is 3.62. The number of aromatic hydroxyl groups is 1. The number of aryl methyl sites for hydroxylation is 2. The van der Waals surface area contributed by atoms with Gasteiger partial charge in [0.05, 0.1) is 5.69 Å². The van der Waals surface area contributed by atoms with Crippen LogP contribution in [0.25, 0.3) is 5.82 Å². The molecule has 4 nitrogen and oxygen atoms in total. The summed E-state index contributed by atoms with van der Waals surface area (Å²) < 4.78 is 1.64. The molecule has 4 heteroatoms. The SMILES string of the molecule is Cc1ccc(-n2nc(C)c(O)c2C)nc1. The molecule has 78 valence electrons. The Balaban J connectivity index is 2.54. The van der Waals surface area contributed by atoms with Crippen LogP contribution < -0.4 is 0 Å². The van der Waals surface area contributed by atoms with Crippen LogP contribution >= 0.6 is 0 Å². The average Bonchev–Trinajstić information content (AvgIpc) is 2.47. The molecule has 0 aliphatic carbocycles. The van der Waals surface area contributed by atoms with Gasteiger partial charge in [0, 0.05) is 6.20 Å². The van der Waals surface area contributed by atoms with Gasteiger partial charge in [0.15, 0.2) is 11.6 Å². The lowest BCUT2D eigenvalue weighted by molar-refractivity contribution is 0.466. The van der Waals surface area contributed by atoms with Gasteiger partial charge in [0.2, 0.25) is 0 Å². The fraction of sp³-hybridized carbons (Fsp3) is 0.273. The molecule has 0 saturated heterocycles. The summed E-state index contributed by atoms with van der Waals surface area (Å²) in [5.41, 5.74) is 2.43. The topological polar surface area (TPSA) is 50.9 Å². The van der Waals surface area contributed by atoms with Gasteiger partial charge in [-0.15, -0.1) is 0 Å². The van der Waals surface area contributed by atoms with Crippen molar-refractivity contribution in [3.8, 4) is 11.6 Å². The number of hydrogen-bond donors (Lipinski definition) is 1. The summed E-state index contributed by atoms with van der Waals surface area (Å²) in [5.74, 6) is 0.957. The predicted molar refractivity (Wildman–Crippen MR) is 57.2 cm³/mol. The standard InChI is InChI=1S/C11H13N3O/c1-7-4-5-10(12-6-7)14-9(3)11(15)8(2)13-14/h4-6,15H,1-3H3. The normalized spacial score (nSPS) is 10.6. The zero-order valence-corrected chi connectivity index (χ0v) is 9.02. The molecule has 0 amide bonds. The van der Waals surface area contributed by atoms with Gasteiger partial charge in [0.1, 0.15) is 5.69 Å². The Morgan fingerprint density at radius 3 is 2.40 bits per heavy atom. The van der Waals surface area contributed by atoms with Gasteiger partial charge in [0.25, 0.3) is 0 Å². The second-order valence-corrected chi connectivity index (χ2v) is 3.62. The zero-order valence-electron chi connectivity index (χ0n) is 9.02. The molecule has 2 rings (SSSR count). The molecule has 0 atom stereocenters. The van der Waals surface area contributed by atoms with E-state index in [-0.39, 0.29) is 5.75 Å². The molecule has 2 aromatic heterocycles. The Morgan fingerprint density at radius 1 is 1.20 bits per heavy atom. The maximum atomic E-state index is 9.63. The highest BCUT2D eigenvalue weighted by Gasteiger charge is 2.11. The van der Waals surface area contributed by atoms with E-state index in [0.717, 1.165) is 11.4 Å². The molecule has 0 saturated carbocycles. The van der Waals surface area contributed by atoms with Gasteiger partial charge in [-0.25, -0.2) is 9.67 Å². The molecule has 0 aliphatic heterocycles. The van der Waals surface area contributed by atoms with E-state index in [4.69, 9.17) is 0 Å². The summed E-state index contributed by atoms with van der Waals surface area (Å²) in [7, 11) is 0. The van der Waals surface area contributed by atoms with E-state index < -0.39 is 0 Å². The van der Waals surface area contributed by atoms with Crippen molar-refractivity contribution in [3.05, 3.63) is 35.3 Å². The number of aromatic nitrogens is 3. The van der Waals surface area contributed by atoms with E-state index in [0.29, 0.717) is 11.4 Å². The lowest BCUT2D eigenvalue weighted by Crippen LogP contribution is -2.01. The van der Waals surface area contributed by atoms with Crippen molar-refractivity contribution < 1.29 is 5.11 Å². The molecular weight excluding hydrogens is 190 g/mol. The van der Waals surface area contributed by atoms with Gasteiger partial charge in [-0.05, 0) is 32.4 Å². The Morgan fingerprint density at radius 2 is 1.93 bits per heavy atom. The van der Waals surface area contributed by atoms with E-state index in [1.807, 2.05) is 26.0 Å². The minimum atomic E-state index is 0.234. The highest BCUT2D eigenvalue weighted by molar-refractivity contribution is 5.36. The maximum Gasteiger partial charge on any atom is 0.160 e. The minimum Gasteiger partial charge on any atom is -0.504 e. The van der Waals surface area contributed by atoms with Crippen LogP contribution in [-0.2, 0) is 0 Å². The third-order valence-corrected chi connectivity index (χ3v) is 2.37. The molecule has 0 fully saturated rings. The Labute approximate surface area is 88.2 Å². The van der Waals surface area contributed by atoms with Gasteiger partial charge in [-0.3, -0.25) is 0 Å². The molecule has 0 aliphatic rings. The van der Waals surface area contributed by atoms with Crippen molar-refractivity contribution in [1.29, 1.82) is 0 Å². The van der Waals surface area contributed by atoms with Crippen LogP contribution in [0, 0.1) is 20.8 Å². The van der Waals surface area contributed by atoms with Crippen molar-refractivity contribution in [2.45, 2.75) is 20.8 Å².